The van der Waals surface area contributed by atoms with Gasteiger partial charge in [-0.25, -0.2) is 9.78 Å². The van der Waals surface area contributed by atoms with Crippen molar-refractivity contribution in [1.29, 1.82) is 0 Å². The molecule has 2 heterocycles. The fraction of sp³-hybridized carbons (Fsp3) is 0.280. The Labute approximate surface area is 194 Å². The molecule has 1 aliphatic carbocycles. The van der Waals surface area contributed by atoms with Gasteiger partial charge in [-0.1, -0.05) is 41.9 Å². The first-order chi connectivity index (χ1) is 15.8. The molecule has 2 fully saturated rings. The van der Waals surface area contributed by atoms with Gasteiger partial charge in [-0.3, -0.25) is 4.90 Å². The Morgan fingerprint density at radius 3 is 2.39 bits per heavy atom. The average molecular weight is 472 g/mol. The van der Waals surface area contributed by atoms with Crippen molar-refractivity contribution >= 4 is 23.3 Å². The van der Waals surface area contributed by atoms with E-state index in [1.54, 1.807) is 34.2 Å². The van der Waals surface area contributed by atoms with Crippen molar-refractivity contribution in [2.75, 3.05) is 11.4 Å². The number of aromatic nitrogens is 1. The van der Waals surface area contributed by atoms with Crippen LogP contribution in [0.5, 0.6) is 0 Å². The van der Waals surface area contributed by atoms with Crippen LogP contribution in [0.15, 0.2) is 66.9 Å². The predicted octanol–water partition coefficient (Wildman–Crippen LogP) is 6.81. The Bertz CT molecular complexity index is 1160. The smallest absolute Gasteiger partial charge is 0.318 e. The molecular formula is C25H21ClF3N3O. The van der Waals surface area contributed by atoms with Crippen LogP contribution in [0.1, 0.15) is 47.1 Å². The number of amides is 2. The summed E-state index contributed by atoms with van der Waals surface area (Å²) in [7, 11) is 0. The second kappa shape index (κ2) is 8.37. The number of rotatable bonds is 5. The average Bonchev–Trinajstić information content (AvgIpc) is 3.60. The number of anilines is 1. The van der Waals surface area contributed by atoms with Gasteiger partial charge in [0.1, 0.15) is 5.15 Å². The largest absolute Gasteiger partial charge is 0.416 e. The van der Waals surface area contributed by atoms with Crippen LogP contribution in [-0.4, -0.2) is 22.5 Å². The van der Waals surface area contributed by atoms with E-state index >= 15 is 0 Å². The van der Waals surface area contributed by atoms with E-state index in [1.807, 2.05) is 24.3 Å². The number of pyridine rings is 1. The van der Waals surface area contributed by atoms with Gasteiger partial charge in [-0.2, -0.15) is 13.2 Å². The Hall–Kier alpha value is -3.06. The molecule has 4 nitrogen and oxygen atoms in total. The number of carbonyl (C=O) groups excluding carboxylic acids is 1. The zero-order valence-electron chi connectivity index (χ0n) is 17.6. The summed E-state index contributed by atoms with van der Waals surface area (Å²) in [5, 5.41) is 0.353. The van der Waals surface area contributed by atoms with Crippen LogP contribution < -0.4 is 4.90 Å². The summed E-state index contributed by atoms with van der Waals surface area (Å²) in [6.45, 7) is 0.544. The first kappa shape index (κ1) is 21.8. The molecule has 0 radical (unpaired) electrons. The molecular weight excluding hydrogens is 451 g/mol. The van der Waals surface area contributed by atoms with Gasteiger partial charge in [0.05, 0.1) is 11.6 Å². The molecule has 0 N–H and O–H groups in total. The van der Waals surface area contributed by atoms with Crippen molar-refractivity contribution in [1.82, 2.24) is 9.88 Å². The van der Waals surface area contributed by atoms with E-state index < -0.39 is 17.8 Å². The molecule has 1 atom stereocenters. The normalized spacial score (nSPS) is 18.8. The van der Waals surface area contributed by atoms with Crippen LogP contribution in [0.4, 0.5) is 23.7 Å². The van der Waals surface area contributed by atoms with Crippen LogP contribution in [0.2, 0.25) is 5.15 Å². The van der Waals surface area contributed by atoms with Crippen LogP contribution in [0, 0.1) is 0 Å². The number of urea groups is 1. The maximum atomic E-state index is 13.5. The Balaban J connectivity index is 1.49. The molecule has 2 aliphatic rings. The molecule has 0 spiro atoms. The van der Waals surface area contributed by atoms with Crippen LogP contribution in [0.3, 0.4) is 0 Å². The molecule has 1 aromatic heterocycles. The Kier molecular flexibility index (Phi) is 5.52. The van der Waals surface area contributed by atoms with Crippen molar-refractivity contribution in [3.05, 3.63) is 94.3 Å². The lowest BCUT2D eigenvalue weighted by molar-refractivity contribution is -0.137. The van der Waals surface area contributed by atoms with E-state index in [4.69, 9.17) is 11.6 Å². The van der Waals surface area contributed by atoms with Crippen LogP contribution >= 0.6 is 11.6 Å². The predicted molar refractivity (Wildman–Crippen MR) is 120 cm³/mol. The molecule has 8 heteroatoms. The quantitative estimate of drug-likeness (QED) is 0.383. The van der Waals surface area contributed by atoms with E-state index in [-0.39, 0.29) is 19.1 Å². The van der Waals surface area contributed by atoms with E-state index in [1.165, 1.54) is 11.6 Å². The monoisotopic (exact) mass is 471 g/mol. The number of halogens is 4. The molecule has 33 heavy (non-hydrogen) atoms. The summed E-state index contributed by atoms with van der Waals surface area (Å²) in [6.07, 6.45) is -0.526. The second-order valence-electron chi connectivity index (χ2n) is 8.53. The highest BCUT2D eigenvalue weighted by Gasteiger charge is 2.40. The van der Waals surface area contributed by atoms with E-state index in [0.29, 0.717) is 22.3 Å². The zero-order valence-corrected chi connectivity index (χ0v) is 18.4. The molecule has 1 saturated heterocycles. The third-order valence-electron chi connectivity index (χ3n) is 6.16. The summed E-state index contributed by atoms with van der Waals surface area (Å²) in [4.78, 5) is 20.7. The summed E-state index contributed by atoms with van der Waals surface area (Å²) in [5.41, 5.74) is 2.41. The summed E-state index contributed by atoms with van der Waals surface area (Å²) < 4.78 is 40.1. The van der Waals surface area contributed by atoms with Gasteiger partial charge in [0.2, 0.25) is 0 Å². The molecule has 2 aromatic carbocycles. The van der Waals surface area contributed by atoms with Gasteiger partial charge in [0.15, 0.2) is 0 Å². The summed E-state index contributed by atoms with van der Waals surface area (Å²) in [6, 6.07) is 15.6. The van der Waals surface area contributed by atoms with Crippen LogP contribution in [-0.2, 0) is 12.7 Å². The standard InChI is InChI=1S/C25H21ClF3N3O/c26-23-11-4-16(13-30-23)14-31-15-22(19-2-1-3-20(12-19)25(27,28)29)32(24(31)33)21-9-7-18(8-10-21)17-5-6-17/h1-4,7-13,17,22H,5-6,14-15H2/t22-/m1/s1. The van der Waals surface area contributed by atoms with Crippen molar-refractivity contribution in [2.45, 2.75) is 37.5 Å². The molecule has 5 rings (SSSR count). The lowest BCUT2D eigenvalue weighted by Gasteiger charge is -2.24. The number of carbonyl (C=O) groups is 1. The maximum Gasteiger partial charge on any atom is 0.416 e. The summed E-state index contributed by atoms with van der Waals surface area (Å²) >= 11 is 5.86. The summed E-state index contributed by atoms with van der Waals surface area (Å²) in [5.74, 6) is 0.571. The molecule has 1 saturated carbocycles. The number of hydrogen-bond donors (Lipinski definition) is 0. The second-order valence-corrected chi connectivity index (χ2v) is 8.91. The van der Waals surface area contributed by atoms with Gasteiger partial charge in [0.25, 0.3) is 0 Å². The van der Waals surface area contributed by atoms with Gasteiger partial charge < -0.3 is 4.90 Å². The molecule has 1 aliphatic heterocycles. The molecule has 2 amide bonds. The minimum absolute atomic E-state index is 0.257. The Morgan fingerprint density at radius 1 is 1.00 bits per heavy atom. The van der Waals surface area contributed by atoms with Crippen LogP contribution in [0.25, 0.3) is 0 Å². The number of nitrogens with zero attached hydrogens (tertiary/aromatic N) is 3. The highest BCUT2D eigenvalue weighted by atomic mass is 35.5. The minimum atomic E-state index is -4.45. The topological polar surface area (TPSA) is 36.4 Å². The fourth-order valence-electron chi connectivity index (χ4n) is 4.30. The Morgan fingerprint density at radius 2 is 1.76 bits per heavy atom. The highest BCUT2D eigenvalue weighted by molar-refractivity contribution is 6.29. The van der Waals surface area contributed by atoms with Gasteiger partial charge in [0, 0.05) is 25.0 Å². The van der Waals surface area contributed by atoms with Crippen molar-refractivity contribution in [3.63, 3.8) is 0 Å². The zero-order chi connectivity index (χ0) is 23.2. The maximum absolute atomic E-state index is 13.5. The van der Waals surface area contributed by atoms with Crippen molar-refractivity contribution in [3.8, 4) is 0 Å². The van der Waals surface area contributed by atoms with Gasteiger partial charge in [-0.05, 0) is 65.8 Å². The number of hydrogen-bond acceptors (Lipinski definition) is 2. The first-order valence-corrected chi connectivity index (χ1v) is 11.1. The van der Waals surface area contributed by atoms with E-state index in [9.17, 15) is 18.0 Å². The van der Waals surface area contributed by atoms with Gasteiger partial charge >= 0.3 is 12.2 Å². The molecule has 0 bridgehead atoms. The molecule has 3 aromatic rings. The van der Waals surface area contributed by atoms with E-state index in [0.717, 1.165) is 30.5 Å². The van der Waals surface area contributed by atoms with Gasteiger partial charge in [-0.15, -0.1) is 0 Å². The van der Waals surface area contributed by atoms with E-state index in [2.05, 4.69) is 4.98 Å². The molecule has 0 unspecified atom stereocenters. The third-order valence-corrected chi connectivity index (χ3v) is 6.39. The molecule has 170 valence electrons. The first-order valence-electron chi connectivity index (χ1n) is 10.8. The van der Waals surface area contributed by atoms with Crippen molar-refractivity contribution in [2.24, 2.45) is 0 Å². The highest BCUT2D eigenvalue weighted by Crippen LogP contribution is 2.42. The lowest BCUT2D eigenvalue weighted by atomic mass is 10.0. The fourth-order valence-corrected chi connectivity index (χ4v) is 4.41. The number of benzene rings is 2. The lowest BCUT2D eigenvalue weighted by Crippen LogP contribution is -2.32. The number of alkyl halides is 3. The van der Waals surface area contributed by atoms with Crippen molar-refractivity contribution < 1.29 is 18.0 Å². The minimum Gasteiger partial charge on any atom is -0.318 e. The SMILES string of the molecule is O=C1N(Cc2ccc(Cl)nc2)C[C@H](c2cccc(C(F)(F)F)c2)N1c1ccc(C2CC2)cc1. The third kappa shape index (κ3) is 4.55.